The molecular formula is C25H38N2O7. The molecule has 34 heavy (non-hydrogen) atoms. The summed E-state index contributed by atoms with van der Waals surface area (Å²) in [7, 11) is 0. The first kappa shape index (κ1) is 27.8. The zero-order chi connectivity index (χ0) is 24.9. The van der Waals surface area contributed by atoms with E-state index in [1.54, 1.807) is 23.2 Å². The maximum atomic E-state index is 11.5. The Morgan fingerprint density at radius 2 is 2.06 bits per heavy atom. The van der Waals surface area contributed by atoms with Crippen molar-refractivity contribution in [3.63, 3.8) is 0 Å². The number of benzene rings is 1. The first-order valence-electron chi connectivity index (χ1n) is 12.0. The molecule has 9 heteroatoms. The normalized spacial score (nSPS) is 21.3. The third-order valence-electron chi connectivity index (χ3n) is 5.64. The Bertz CT molecular complexity index is 802. The quantitative estimate of drug-likeness (QED) is 0.226. The molecule has 2 rings (SSSR count). The first-order valence-corrected chi connectivity index (χ1v) is 12.0. The number of unbranched alkanes of at least 4 members (excludes halogenated alkanes) is 1. The van der Waals surface area contributed by atoms with Gasteiger partial charge in [0.2, 0.25) is 12.7 Å². The number of rotatable bonds is 15. The van der Waals surface area contributed by atoms with Crippen molar-refractivity contribution in [2.24, 2.45) is 4.99 Å². The van der Waals surface area contributed by atoms with Crippen LogP contribution in [0.5, 0.6) is 11.5 Å². The summed E-state index contributed by atoms with van der Waals surface area (Å²) in [5, 5.41) is 19.5. The SMILES string of the molecule is CCCN(C=O)[C@H](C=Nc1cc(OCCCC=O)c(O[C@H]2C[C@@H](O)C[C@@H](CO)O2)cc1C)CC. The maximum Gasteiger partial charge on any atom is 0.210 e. The van der Waals surface area contributed by atoms with Gasteiger partial charge in [0, 0.05) is 38.1 Å². The number of aliphatic imine (C=N–C) groups is 1. The lowest BCUT2D eigenvalue weighted by atomic mass is 10.1. The molecule has 0 spiro atoms. The van der Waals surface area contributed by atoms with Gasteiger partial charge in [-0.1, -0.05) is 13.8 Å². The molecule has 1 aromatic carbocycles. The summed E-state index contributed by atoms with van der Waals surface area (Å²) in [5.74, 6) is 0.882. The molecule has 0 unspecified atom stereocenters. The predicted octanol–water partition coefficient (Wildman–Crippen LogP) is 2.94. The van der Waals surface area contributed by atoms with Crippen molar-refractivity contribution in [1.29, 1.82) is 0 Å². The molecular weight excluding hydrogens is 440 g/mol. The van der Waals surface area contributed by atoms with E-state index in [9.17, 15) is 19.8 Å². The van der Waals surface area contributed by atoms with Crippen LogP contribution < -0.4 is 9.47 Å². The van der Waals surface area contributed by atoms with E-state index in [1.807, 2.05) is 20.8 Å². The smallest absolute Gasteiger partial charge is 0.210 e. The fraction of sp³-hybridized carbons (Fsp3) is 0.640. The van der Waals surface area contributed by atoms with E-state index in [1.165, 1.54) is 0 Å². The van der Waals surface area contributed by atoms with Crippen molar-refractivity contribution in [3.05, 3.63) is 17.7 Å². The molecule has 0 bridgehead atoms. The second-order valence-electron chi connectivity index (χ2n) is 8.45. The van der Waals surface area contributed by atoms with Gasteiger partial charge in [-0.3, -0.25) is 9.79 Å². The molecule has 0 radical (unpaired) electrons. The van der Waals surface area contributed by atoms with Crippen LogP contribution in [0.25, 0.3) is 0 Å². The number of hydrogen-bond donors (Lipinski definition) is 2. The largest absolute Gasteiger partial charge is 0.490 e. The van der Waals surface area contributed by atoms with Gasteiger partial charge in [0.25, 0.3) is 0 Å². The van der Waals surface area contributed by atoms with Gasteiger partial charge in [0.1, 0.15) is 6.29 Å². The summed E-state index contributed by atoms with van der Waals surface area (Å²) >= 11 is 0. The van der Waals surface area contributed by atoms with E-state index in [0.717, 1.165) is 31.1 Å². The molecule has 0 aliphatic carbocycles. The van der Waals surface area contributed by atoms with Crippen LogP contribution in [0, 0.1) is 6.92 Å². The molecule has 9 nitrogen and oxygen atoms in total. The first-order chi connectivity index (χ1) is 16.4. The summed E-state index contributed by atoms with van der Waals surface area (Å²) in [6.45, 7) is 6.71. The Labute approximate surface area is 201 Å². The van der Waals surface area contributed by atoms with Crippen LogP contribution in [0.1, 0.15) is 57.9 Å². The van der Waals surface area contributed by atoms with Crippen molar-refractivity contribution in [2.45, 2.75) is 83.8 Å². The second kappa shape index (κ2) is 14.7. The summed E-state index contributed by atoms with van der Waals surface area (Å²) in [5.41, 5.74) is 1.51. The van der Waals surface area contributed by atoms with Crippen molar-refractivity contribution in [1.82, 2.24) is 4.90 Å². The Hall–Kier alpha value is -2.49. The number of aliphatic hydroxyl groups is 2. The number of aryl methyl sites for hydroxylation is 1. The summed E-state index contributed by atoms with van der Waals surface area (Å²) in [6, 6.07) is 3.45. The number of amides is 1. The van der Waals surface area contributed by atoms with Crippen LogP contribution in [-0.2, 0) is 14.3 Å². The van der Waals surface area contributed by atoms with Crippen LogP contribution in [-0.4, -0.2) is 78.3 Å². The summed E-state index contributed by atoms with van der Waals surface area (Å²) in [4.78, 5) is 28.5. The molecule has 1 saturated heterocycles. The van der Waals surface area contributed by atoms with E-state index in [0.29, 0.717) is 49.6 Å². The van der Waals surface area contributed by atoms with Crippen LogP contribution in [0.4, 0.5) is 5.69 Å². The van der Waals surface area contributed by atoms with Gasteiger partial charge >= 0.3 is 0 Å². The van der Waals surface area contributed by atoms with E-state index in [4.69, 9.17) is 14.2 Å². The molecule has 0 saturated carbocycles. The van der Waals surface area contributed by atoms with Gasteiger partial charge in [-0.05, 0) is 37.8 Å². The van der Waals surface area contributed by atoms with Gasteiger partial charge in [0.15, 0.2) is 11.5 Å². The van der Waals surface area contributed by atoms with Crippen LogP contribution in [0.3, 0.4) is 0 Å². The highest BCUT2D eigenvalue weighted by Gasteiger charge is 2.30. The highest BCUT2D eigenvalue weighted by Crippen LogP contribution is 2.37. The van der Waals surface area contributed by atoms with Gasteiger partial charge < -0.3 is 34.1 Å². The number of aldehydes is 1. The van der Waals surface area contributed by atoms with Crippen molar-refractivity contribution < 1.29 is 34.0 Å². The van der Waals surface area contributed by atoms with E-state index < -0.39 is 18.5 Å². The Balaban J connectivity index is 2.27. The Kier molecular flexibility index (Phi) is 12.0. The molecule has 1 heterocycles. The minimum Gasteiger partial charge on any atom is -0.490 e. The number of hydrogen-bond acceptors (Lipinski definition) is 8. The third kappa shape index (κ3) is 8.38. The average Bonchev–Trinajstić information content (AvgIpc) is 2.82. The maximum absolute atomic E-state index is 11.5. The standard InChI is InChI=1S/C25H38N2O7/c1-4-8-27(17-30)19(5-2)15-26-22-14-23(32-10-7-6-9-28)24(11-18(22)3)34-25-13-20(31)12-21(16-29)33-25/h9,11,14-15,17,19-21,25,29,31H,4-8,10,12-13,16H2,1-3H3/t19-,20-,21-,25-/m0/s1. The molecule has 1 aromatic rings. The minimum atomic E-state index is -0.730. The number of nitrogens with zero attached hydrogens (tertiary/aromatic N) is 2. The number of aliphatic hydroxyl groups excluding tert-OH is 2. The van der Waals surface area contributed by atoms with Crippen LogP contribution >= 0.6 is 0 Å². The number of ether oxygens (including phenoxy) is 3. The molecule has 4 atom stereocenters. The lowest BCUT2D eigenvalue weighted by Gasteiger charge is -2.32. The van der Waals surface area contributed by atoms with Crippen LogP contribution in [0.15, 0.2) is 17.1 Å². The van der Waals surface area contributed by atoms with Gasteiger partial charge in [-0.25, -0.2) is 0 Å². The molecule has 1 aliphatic heterocycles. The van der Waals surface area contributed by atoms with E-state index >= 15 is 0 Å². The van der Waals surface area contributed by atoms with E-state index in [-0.39, 0.29) is 19.1 Å². The van der Waals surface area contributed by atoms with E-state index in [2.05, 4.69) is 4.99 Å². The monoisotopic (exact) mass is 478 g/mol. The zero-order valence-electron chi connectivity index (χ0n) is 20.4. The average molecular weight is 479 g/mol. The van der Waals surface area contributed by atoms with Crippen molar-refractivity contribution >= 4 is 24.6 Å². The molecule has 1 fully saturated rings. The highest BCUT2D eigenvalue weighted by molar-refractivity contribution is 5.73. The molecule has 0 aromatic heterocycles. The highest BCUT2D eigenvalue weighted by atomic mass is 16.7. The Morgan fingerprint density at radius 3 is 2.71 bits per heavy atom. The van der Waals surface area contributed by atoms with Crippen molar-refractivity contribution in [3.8, 4) is 11.5 Å². The second-order valence-corrected chi connectivity index (χ2v) is 8.45. The Morgan fingerprint density at radius 1 is 1.26 bits per heavy atom. The number of carbonyl (C=O) groups excluding carboxylic acids is 2. The molecule has 190 valence electrons. The zero-order valence-corrected chi connectivity index (χ0v) is 20.4. The molecule has 1 amide bonds. The molecule has 2 N–H and O–H groups in total. The topological polar surface area (TPSA) is 118 Å². The number of carbonyl (C=O) groups is 2. The lowest BCUT2D eigenvalue weighted by Crippen LogP contribution is -2.40. The summed E-state index contributed by atoms with van der Waals surface area (Å²) < 4.78 is 17.7. The van der Waals surface area contributed by atoms with Gasteiger partial charge in [-0.15, -0.1) is 0 Å². The lowest BCUT2D eigenvalue weighted by molar-refractivity contribution is -0.185. The van der Waals surface area contributed by atoms with Gasteiger partial charge in [0.05, 0.1) is 37.2 Å². The fourth-order valence-electron chi connectivity index (χ4n) is 3.77. The van der Waals surface area contributed by atoms with Crippen LogP contribution in [0.2, 0.25) is 0 Å². The predicted molar refractivity (Wildman–Crippen MR) is 129 cm³/mol. The molecule has 1 aliphatic rings. The van der Waals surface area contributed by atoms with Gasteiger partial charge in [-0.2, -0.15) is 0 Å². The summed E-state index contributed by atoms with van der Waals surface area (Å²) in [6.07, 6.45) is 4.80. The fourth-order valence-corrected chi connectivity index (χ4v) is 3.77. The third-order valence-corrected chi connectivity index (χ3v) is 5.64. The van der Waals surface area contributed by atoms with Crippen molar-refractivity contribution in [2.75, 3.05) is 19.8 Å². The minimum absolute atomic E-state index is 0.114.